The molecule has 0 saturated heterocycles. The number of hydrogen-bond acceptors (Lipinski definition) is 2. The zero-order valence-corrected chi connectivity index (χ0v) is 11.7. The van der Waals surface area contributed by atoms with Crippen LogP contribution in [0.3, 0.4) is 0 Å². The van der Waals surface area contributed by atoms with Crippen molar-refractivity contribution in [1.82, 2.24) is 5.32 Å². The highest BCUT2D eigenvalue weighted by molar-refractivity contribution is 6.05. The average molecular weight is 246 g/mol. The van der Waals surface area contributed by atoms with E-state index in [1.165, 1.54) is 11.1 Å². The van der Waals surface area contributed by atoms with E-state index < -0.39 is 0 Å². The van der Waals surface area contributed by atoms with Crippen LogP contribution < -0.4 is 10.2 Å². The molecule has 3 nitrogen and oxygen atoms in total. The van der Waals surface area contributed by atoms with Crippen LogP contribution in [0.2, 0.25) is 0 Å². The summed E-state index contributed by atoms with van der Waals surface area (Å²) in [7, 11) is 0. The first kappa shape index (κ1) is 13.1. The van der Waals surface area contributed by atoms with E-state index in [0.717, 1.165) is 30.8 Å². The summed E-state index contributed by atoms with van der Waals surface area (Å²) in [6.07, 6.45) is 0.984. The summed E-state index contributed by atoms with van der Waals surface area (Å²) in [5, 5.41) is 3.29. The monoisotopic (exact) mass is 246 g/mol. The Morgan fingerprint density at radius 2 is 2.00 bits per heavy atom. The molecule has 1 aliphatic heterocycles. The van der Waals surface area contributed by atoms with Gasteiger partial charge in [0, 0.05) is 12.1 Å². The number of likely N-dealkylation sites (N-methyl/N-ethyl adjacent to an activating group) is 1. The summed E-state index contributed by atoms with van der Waals surface area (Å²) in [4.78, 5) is 14.4. The molecule has 98 valence electrons. The Labute approximate surface area is 109 Å². The van der Waals surface area contributed by atoms with Crippen molar-refractivity contribution < 1.29 is 4.79 Å². The van der Waals surface area contributed by atoms with Gasteiger partial charge in [0.05, 0.1) is 5.69 Å². The smallest absolute Gasteiger partial charge is 0.248 e. The highest BCUT2D eigenvalue weighted by atomic mass is 16.2. The topological polar surface area (TPSA) is 32.3 Å². The van der Waals surface area contributed by atoms with E-state index in [1.54, 1.807) is 0 Å². The molecule has 2 rings (SSSR count). The number of nitrogens with one attached hydrogen (secondary N) is 1. The van der Waals surface area contributed by atoms with E-state index in [1.807, 2.05) is 11.8 Å². The normalized spacial score (nSPS) is 18.3. The molecule has 1 amide bonds. The lowest BCUT2D eigenvalue weighted by molar-refractivity contribution is -0.120. The summed E-state index contributed by atoms with van der Waals surface area (Å²) in [5.74, 6) is 0.197. The minimum Gasteiger partial charge on any atom is -0.310 e. The number of anilines is 1. The summed E-state index contributed by atoms with van der Waals surface area (Å²) in [5.41, 5.74) is 4.75. The van der Waals surface area contributed by atoms with Crippen molar-refractivity contribution >= 4 is 11.6 Å². The van der Waals surface area contributed by atoms with Crippen molar-refractivity contribution in [3.05, 3.63) is 28.8 Å². The first-order valence-corrected chi connectivity index (χ1v) is 6.76. The van der Waals surface area contributed by atoms with E-state index in [-0.39, 0.29) is 11.9 Å². The van der Waals surface area contributed by atoms with Crippen LogP contribution in [0.1, 0.15) is 43.0 Å². The molecule has 3 heteroatoms. The van der Waals surface area contributed by atoms with E-state index in [0.29, 0.717) is 0 Å². The number of rotatable bonds is 4. The van der Waals surface area contributed by atoms with Gasteiger partial charge in [-0.15, -0.1) is 0 Å². The number of carbonyl (C=O) groups is 1. The summed E-state index contributed by atoms with van der Waals surface area (Å²) >= 11 is 0. The third-order valence-corrected chi connectivity index (χ3v) is 3.68. The molecular weight excluding hydrogens is 224 g/mol. The van der Waals surface area contributed by atoms with Gasteiger partial charge in [0.2, 0.25) is 5.91 Å². The second-order valence-corrected chi connectivity index (χ2v) is 4.93. The van der Waals surface area contributed by atoms with Crippen LogP contribution in [0.15, 0.2) is 12.1 Å². The molecule has 0 aliphatic carbocycles. The molecule has 0 fully saturated rings. The van der Waals surface area contributed by atoms with Crippen LogP contribution in [-0.2, 0) is 4.79 Å². The van der Waals surface area contributed by atoms with Crippen LogP contribution in [0.4, 0.5) is 5.69 Å². The maximum absolute atomic E-state index is 12.5. The van der Waals surface area contributed by atoms with Gasteiger partial charge in [0.25, 0.3) is 0 Å². The maximum Gasteiger partial charge on any atom is 0.248 e. The van der Waals surface area contributed by atoms with Crippen LogP contribution in [0.5, 0.6) is 0 Å². The Morgan fingerprint density at radius 1 is 1.28 bits per heavy atom. The van der Waals surface area contributed by atoms with Gasteiger partial charge in [-0.25, -0.2) is 0 Å². The van der Waals surface area contributed by atoms with Crippen LogP contribution in [0.25, 0.3) is 0 Å². The highest BCUT2D eigenvalue weighted by Gasteiger charge is 2.37. The molecule has 1 aromatic rings. The second kappa shape index (κ2) is 5.11. The van der Waals surface area contributed by atoms with Gasteiger partial charge in [-0.1, -0.05) is 26.0 Å². The lowest BCUT2D eigenvalue weighted by atomic mass is 10.0. The minimum atomic E-state index is -0.157. The molecule has 0 radical (unpaired) electrons. The molecule has 1 unspecified atom stereocenters. The van der Waals surface area contributed by atoms with Crippen molar-refractivity contribution in [2.24, 2.45) is 0 Å². The van der Waals surface area contributed by atoms with Crippen molar-refractivity contribution in [2.45, 2.75) is 40.2 Å². The number of nitrogens with zero attached hydrogens (tertiary/aromatic N) is 1. The molecule has 1 aromatic carbocycles. The van der Waals surface area contributed by atoms with E-state index in [2.05, 4.69) is 38.2 Å². The van der Waals surface area contributed by atoms with Crippen LogP contribution in [0, 0.1) is 13.8 Å². The first-order valence-electron chi connectivity index (χ1n) is 6.76. The molecule has 0 spiro atoms. The van der Waals surface area contributed by atoms with E-state index in [4.69, 9.17) is 0 Å². The molecule has 0 saturated carbocycles. The molecule has 1 heterocycles. The van der Waals surface area contributed by atoms with Gasteiger partial charge < -0.3 is 10.2 Å². The van der Waals surface area contributed by atoms with Gasteiger partial charge in [-0.2, -0.15) is 0 Å². The Hall–Kier alpha value is -1.35. The lowest BCUT2D eigenvalue weighted by Gasteiger charge is -2.19. The molecule has 0 bridgehead atoms. The number of aryl methyl sites for hydroxylation is 1. The molecule has 1 aliphatic rings. The Balaban J connectivity index is 2.52. The number of hydrogen-bond donors (Lipinski definition) is 1. The Kier molecular flexibility index (Phi) is 3.71. The predicted molar refractivity (Wildman–Crippen MR) is 75.0 cm³/mol. The van der Waals surface area contributed by atoms with Gasteiger partial charge in [0.15, 0.2) is 0 Å². The number of carbonyl (C=O) groups excluding carboxylic acids is 1. The standard InChI is InChI=1S/C15H22N2O/c1-5-9-17-14-11(4)10(3)7-8-12(14)13(15(17)18)16-6-2/h7-8,13,16H,5-6,9H2,1-4H3. The van der Waals surface area contributed by atoms with Crippen molar-refractivity contribution in [1.29, 1.82) is 0 Å². The average Bonchev–Trinajstić information content (AvgIpc) is 2.61. The molecule has 1 N–H and O–H groups in total. The quantitative estimate of drug-likeness (QED) is 0.886. The summed E-state index contributed by atoms with van der Waals surface area (Å²) < 4.78 is 0. The molecule has 0 aromatic heterocycles. The number of amides is 1. The largest absolute Gasteiger partial charge is 0.310 e. The lowest BCUT2D eigenvalue weighted by Crippen LogP contribution is -2.35. The molecule has 1 atom stereocenters. The van der Waals surface area contributed by atoms with Gasteiger partial charge in [-0.05, 0) is 37.9 Å². The third kappa shape index (κ3) is 1.93. The Morgan fingerprint density at radius 3 is 2.61 bits per heavy atom. The van der Waals surface area contributed by atoms with Crippen molar-refractivity contribution in [2.75, 3.05) is 18.0 Å². The predicted octanol–water partition coefficient (Wildman–Crippen LogP) is 2.71. The molecular formula is C15H22N2O. The van der Waals surface area contributed by atoms with E-state index >= 15 is 0 Å². The number of benzene rings is 1. The fourth-order valence-electron chi connectivity index (χ4n) is 2.66. The first-order chi connectivity index (χ1) is 8.61. The number of fused-ring (bicyclic) bond motifs is 1. The van der Waals surface area contributed by atoms with Crippen LogP contribution >= 0.6 is 0 Å². The van der Waals surface area contributed by atoms with Crippen molar-refractivity contribution in [3.8, 4) is 0 Å². The van der Waals surface area contributed by atoms with Gasteiger partial charge in [0.1, 0.15) is 6.04 Å². The minimum absolute atomic E-state index is 0.157. The summed E-state index contributed by atoms with van der Waals surface area (Å²) in [6, 6.07) is 4.05. The fraction of sp³-hybridized carbons (Fsp3) is 0.533. The zero-order chi connectivity index (χ0) is 13.3. The fourth-order valence-corrected chi connectivity index (χ4v) is 2.66. The van der Waals surface area contributed by atoms with Gasteiger partial charge >= 0.3 is 0 Å². The van der Waals surface area contributed by atoms with Gasteiger partial charge in [-0.3, -0.25) is 4.79 Å². The van der Waals surface area contributed by atoms with E-state index in [9.17, 15) is 4.79 Å². The second-order valence-electron chi connectivity index (χ2n) is 4.93. The Bertz CT molecular complexity index is 468. The zero-order valence-electron chi connectivity index (χ0n) is 11.7. The van der Waals surface area contributed by atoms with Crippen LogP contribution in [-0.4, -0.2) is 19.0 Å². The SMILES string of the molecule is CCCN1C(=O)C(NCC)c2ccc(C)c(C)c21. The third-order valence-electron chi connectivity index (χ3n) is 3.68. The maximum atomic E-state index is 12.5. The van der Waals surface area contributed by atoms with Crippen molar-refractivity contribution in [3.63, 3.8) is 0 Å². The highest BCUT2D eigenvalue weighted by Crippen LogP contribution is 2.39. The molecule has 18 heavy (non-hydrogen) atoms. The summed E-state index contributed by atoms with van der Waals surface area (Å²) in [6.45, 7) is 9.97.